The van der Waals surface area contributed by atoms with Crippen LogP contribution in [-0.4, -0.2) is 41.7 Å². The largest absolute Gasteiger partial charge is 0.481 e. The van der Waals surface area contributed by atoms with Gasteiger partial charge in [-0.2, -0.15) is 0 Å². The number of ether oxygens (including phenoxy) is 1. The molecule has 1 aromatic carbocycles. The number of aryl methyl sites for hydroxylation is 1. The first-order valence-electron chi connectivity index (χ1n) is 6.13. The van der Waals surface area contributed by atoms with E-state index in [0.29, 0.717) is 5.56 Å². The summed E-state index contributed by atoms with van der Waals surface area (Å²) in [7, 11) is 1.35. The maximum absolute atomic E-state index is 12.0. The average molecular weight is 296 g/mol. The predicted octanol–water partition coefficient (Wildman–Crippen LogP) is 1.12. The van der Waals surface area contributed by atoms with Crippen LogP contribution in [0.1, 0.15) is 22.3 Å². The summed E-state index contributed by atoms with van der Waals surface area (Å²) in [5, 5.41) is 21.9. The molecule has 8 heteroatoms. The first-order valence-corrected chi connectivity index (χ1v) is 6.13. The molecular formula is C13H16N2O6. The van der Waals surface area contributed by atoms with Gasteiger partial charge in [0.1, 0.15) is 0 Å². The number of rotatable bonds is 7. The molecule has 8 nitrogen and oxygen atoms in total. The number of methoxy groups -OCH3 is 1. The highest BCUT2D eigenvalue weighted by Gasteiger charge is 2.17. The molecule has 0 saturated heterocycles. The predicted molar refractivity (Wildman–Crippen MR) is 73.2 cm³/mol. The van der Waals surface area contributed by atoms with E-state index in [4.69, 9.17) is 9.84 Å². The molecule has 1 atom stereocenters. The van der Waals surface area contributed by atoms with Crippen LogP contribution in [0.5, 0.6) is 0 Å². The van der Waals surface area contributed by atoms with Crippen molar-refractivity contribution < 1.29 is 24.4 Å². The third-order valence-corrected chi connectivity index (χ3v) is 2.90. The lowest BCUT2D eigenvalue weighted by Crippen LogP contribution is -2.34. The topological polar surface area (TPSA) is 119 Å². The highest BCUT2D eigenvalue weighted by Crippen LogP contribution is 2.17. The minimum atomic E-state index is -1.04. The van der Waals surface area contributed by atoms with Crippen LogP contribution in [0.4, 0.5) is 5.69 Å². The van der Waals surface area contributed by atoms with Gasteiger partial charge in [-0.15, -0.1) is 0 Å². The van der Waals surface area contributed by atoms with Crippen molar-refractivity contribution in [2.24, 2.45) is 0 Å². The number of aliphatic carboxylic acids is 1. The number of non-ortho nitro benzene ring substituents is 1. The maximum atomic E-state index is 12.0. The Kier molecular flexibility index (Phi) is 5.79. The van der Waals surface area contributed by atoms with Gasteiger partial charge in [-0.25, -0.2) is 0 Å². The van der Waals surface area contributed by atoms with Crippen molar-refractivity contribution >= 4 is 17.6 Å². The third kappa shape index (κ3) is 4.84. The van der Waals surface area contributed by atoms with E-state index in [1.807, 2.05) is 0 Å². The molecule has 1 rings (SSSR count). The lowest BCUT2D eigenvalue weighted by atomic mass is 10.1. The number of amides is 1. The second kappa shape index (κ2) is 7.34. The fourth-order valence-electron chi connectivity index (χ4n) is 1.70. The van der Waals surface area contributed by atoms with Gasteiger partial charge in [-0.1, -0.05) is 6.07 Å². The normalized spacial score (nSPS) is 11.7. The minimum Gasteiger partial charge on any atom is -0.481 e. The molecule has 0 bridgehead atoms. The summed E-state index contributed by atoms with van der Waals surface area (Å²) >= 11 is 0. The van der Waals surface area contributed by atoms with Crippen molar-refractivity contribution in [3.05, 3.63) is 39.4 Å². The van der Waals surface area contributed by atoms with Crippen LogP contribution in [0.3, 0.4) is 0 Å². The number of benzene rings is 1. The van der Waals surface area contributed by atoms with Gasteiger partial charge in [0, 0.05) is 31.4 Å². The highest BCUT2D eigenvalue weighted by atomic mass is 16.6. The molecule has 114 valence electrons. The Morgan fingerprint density at radius 3 is 2.67 bits per heavy atom. The summed E-state index contributed by atoms with van der Waals surface area (Å²) < 4.78 is 4.94. The van der Waals surface area contributed by atoms with Crippen LogP contribution >= 0.6 is 0 Å². The van der Waals surface area contributed by atoms with Crippen LogP contribution in [0.25, 0.3) is 0 Å². The zero-order valence-electron chi connectivity index (χ0n) is 11.7. The van der Waals surface area contributed by atoms with Crippen LogP contribution < -0.4 is 5.32 Å². The Balaban J connectivity index is 2.77. The van der Waals surface area contributed by atoms with E-state index < -0.39 is 22.9 Å². The number of carbonyl (C=O) groups excluding carboxylic acids is 1. The molecule has 1 amide bonds. The van der Waals surface area contributed by atoms with E-state index in [2.05, 4.69) is 5.32 Å². The minimum absolute atomic E-state index is 0.00374. The number of carboxylic acid groups (broad SMARTS) is 1. The monoisotopic (exact) mass is 296 g/mol. The highest BCUT2D eigenvalue weighted by molar-refractivity contribution is 5.96. The van der Waals surface area contributed by atoms with Crippen molar-refractivity contribution in [3.8, 4) is 0 Å². The quantitative estimate of drug-likeness (QED) is 0.575. The van der Waals surface area contributed by atoms with Gasteiger partial charge in [-0.3, -0.25) is 19.7 Å². The first kappa shape index (κ1) is 16.6. The molecule has 21 heavy (non-hydrogen) atoms. The number of nitrogens with one attached hydrogen (secondary N) is 1. The third-order valence-electron chi connectivity index (χ3n) is 2.90. The molecule has 0 heterocycles. The van der Waals surface area contributed by atoms with Crippen LogP contribution in [0.15, 0.2) is 18.2 Å². The molecule has 0 aliphatic rings. The van der Waals surface area contributed by atoms with E-state index in [0.717, 1.165) is 0 Å². The Bertz CT molecular complexity index is 558. The Labute approximate surface area is 120 Å². The van der Waals surface area contributed by atoms with Crippen LogP contribution in [-0.2, 0) is 9.53 Å². The van der Waals surface area contributed by atoms with Gasteiger partial charge in [0.25, 0.3) is 11.6 Å². The number of hydrogen-bond acceptors (Lipinski definition) is 5. The van der Waals surface area contributed by atoms with Crippen molar-refractivity contribution in [1.29, 1.82) is 0 Å². The van der Waals surface area contributed by atoms with E-state index in [-0.39, 0.29) is 24.2 Å². The number of nitro groups is 1. The number of hydrogen-bond donors (Lipinski definition) is 2. The Morgan fingerprint density at radius 1 is 1.48 bits per heavy atom. The van der Waals surface area contributed by atoms with Crippen molar-refractivity contribution in [2.75, 3.05) is 13.7 Å². The van der Waals surface area contributed by atoms with Crippen LogP contribution in [0.2, 0.25) is 0 Å². The second-order valence-electron chi connectivity index (χ2n) is 4.42. The summed E-state index contributed by atoms with van der Waals surface area (Å²) in [5.74, 6) is -1.55. The SMILES string of the molecule is COC(CNC(=O)c1cc([N+](=O)[O-])ccc1C)CC(=O)O. The number of carboxylic acids is 1. The summed E-state index contributed by atoms with van der Waals surface area (Å²) in [6.07, 6.45) is -0.907. The molecule has 0 spiro atoms. The maximum Gasteiger partial charge on any atom is 0.306 e. The van der Waals surface area contributed by atoms with Crippen molar-refractivity contribution in [1.82, 2.24) is 5.32 Å². The molecule has 0 radical (unpaired) electrons. The zero-order valence-corrected chi connectivity index (χ0v) is 11.7. The summed E-state index contributed by atoms with van der Waals surface area (Å²) in [6, 6.07) is 3.98. The molecule has 0 aliphatic heterocycles. The van der Waals surface area contributed by atoms with E-state index in [1.54, 1.807) is 6.92 Å². The fourth-order valence-corrected chi connectivity index (χ4v) is 1.70. The molecule has 2 N–H and O–H groups in total. The average Bonchev–Trinajstić information content (AvgIpc) is 2.42. The summed E-state index contributed by atoms with van der Waals surface area (Å²) in [5.41, 5.74) is 0.583. The van der Waals surface area contributed by atoms with Gasteiger partial charge >= 0.3 is 5.97 Å². The van der Waals surface area contributed by atoms with E-state index >= 15 is 0 Å². The van der Waals surface area contributed by atoms with E-state index in [9.17, 15) is 19.7 Å². The smallest absolute Gasteiger partial charge is 0.306 e. The first-order chi connectivity index (χ1) is 9.85. The number of nitro benzene ring substituents is 1. The van der Waals surface area contributed by atoms with Crippen molar-refractivity contribution in [3.63, 3.8) is 0 Å². The molecule has 0 saturated carbocycles. The van der Waals surface area contributed by atoms with Gasteiger partial charge in [-0.05, 0) is 12.5 Å². The lowest BCUT2D eigenvalue weighted by Gasteiger charge is -2.14. The van der Waals surface area contributed by atoms with Crippen molar-refractivity contribution in [2.45, 2.75) is 19.4 Å². The Morgan fingerprint density at radius 2 is 2.14 bits per heavy atom. The zero-order chi connectivity index (χ0) is 16.0. The molecule has 0 fully saturated rings. The van der Waals surface area contributed by atoms with Crippen LogP contribution in [0, 0.1) is 17.0 Å². The second-order valence-corrected chi connectivity index (χ2v) is 4.42. The van der Waals surface area contributed by atoms with Gasteiger partial charge in [0.05, 0.1) is 17.4 Å². The van der Waals surface area contributed by atoms with E-state index in [1.165, 1.54) is 25.3 Å². The standard InChI is InChI=1S/C13H16N2O6/c1-8-3-4-9(15(19)20)5-11(8)13(18)14-7-10(21-2)6-12(16)17/h3-5,10H,6-7H2,1-2H3,(H,14,18)(H,16,17). The van der Waals surface area contributed by atoms with Gasteiger partial charge < -0.3 is 15.2 Å². The summed E-state index contributed by atoms with van der Waals surface area (Å²) in [6.45, 7) is 1.66. The van der Waals surface area contributed by atoms with Gasteiger partial charge in [0.15, 0.2) is 0 Å². The molecular weight excluding hydrogens is 280 g/mol. The lowest BCUT2D eigenvalue weighted by molar-refractivity contribution is -0.384. The molecule has 1 unspecified atom stereocenters. The van der Waals surface area contributed by atoms with Gasteiger partial charge in [0.2, 0.25) is 0 Å². The molecule has 1 aromatic rings. The summed E-state index contributed by atoms with van der Waals surface area (Å²) in [4.78, 5) is 32.7. The molecule has 0 aromatic heterocycles. The number of carbonyl (C=O) groups is 2. The fraction of sp³-hybridized carbons (Fsp3) is 0.385. The number of nitrogens with zero attached hydrogens (tertiary/aromatic N) is 1. The molecule has 0 aliphatic carbocycles. The Hall–Kier alpha value is -2.48.